The molecule has 7 heteroatoms. The predicted molar refractivity (Wildman–Crippen MR) is 175 cm³/mol. The zero-order chi connectivity index (χ0) is 32.9. The number of Topliss-reactive ketones (excluding diaryl/α,β-unsaturated/α-hetero) is 1. The molecule has 0 radical (unpaired) electrons. The summed E-state index contributed by atoms with van der Waals surface area (Å²) in [6, 6.07) is 1.90. The van der Waals surface area contributed by atoms with E-state index in [1.807, 2.05) is 19.9 Å². The molecule has 1 aromatic rings. The normalized spacial score (nSPS) is 40.3. The zero-order valence-corrected chi connectivity index (χ0v) is 29.4. The van der Waals surface area contributed by atoms with Crippen LogP contribution in [0.2, 0.25) is 0 Å². The third kappa shape index (κ3) is 4.52. The predicted octanol–water partition coefficient (Wildman–Crippen LogP) is 7.94. The van der Waals surface area contributed by atoms with Crippen LogP contribution in [0.4, 0.5) is 5.95 Å². The van der Waals surface area contributed by atoms with E-state index in [9.17, 15) is 14.4 Å². The molecule has 6 rings (SSSR count). The van der Waals surface area contributed by atoms with Gasteiger partial charge in [0.25, 0.3) is 0 Å². The smallest absolute Gasteiger partial charge is 0.302 e. The summed E-state index contributed by atoms with van der Waals surface area (Å²) in [5.41, 5.74) is 2.95. The molecule has 1 aromatic heterocycles. The molecule has 45 heavy (non-hydrogen) atoms. The fourth-order valence-electron chi connectivity index (χ4n) is 12.3. The Morgan fingerprint density at radius 2 is 1.56 bits per heavy atom. The number of aryl methyl sites for hydroxylation is 2. The molecule has 8 atom stereocenters. The van der Waals surface area contributed by atoms with Crippen LogP contribution in [-0.4, -0.2) is 33.7 Å². The second kappa shape index (κ2) is 10.5. The topological polar surface area (TPSA) is 98.2 Å². The van der Waals surface area contributed by atoms with Gasteiger partial charge in [-0.05, 0) is 122 Å². The molecule has 0 spiro atoms. The molecule has 7 nitrogen and oxygen atoms in total. The number of ether oxygens (including phenoxy) is 1. The van der Waals surface area contributed by atoms with Crippen molar-refractivity contribution in [2.75, 3.05) is 5.32 Å². The lowest BCUT2D eigenvalue weighted by atomic mass is 9.33. The van der Waals surface area contributed by atoms with E-state index in [0.717, 1.165) is 67.5 Å². The number of hydrogen-bond acceptors (Lipinski definition) is 6. The van der Waals surface area contributed by atoms with Crippen molar-refractivity contribution in [3.05, 3.63) is 28.6 Å². The number of aromatic nitrogens is 2. The third-order valence-corrected chi connectivity index (χ3v) is 14.3. The van der Waals surface area contributed by atoms with Gasteiger partial charge in [0.05, 0.1) is 5.41 Å². The molecular weight excluding hydrogens is 562 g/mol. The van der Waals surface area contributed by atoms with Gasteiger partial charge in [0.1, 0.15) is 6.10 Å². The summed E-state index contributed by atoms with van der Waals surface area (Å²) in [6.07, 6.45) is 8.13. The fraction of sp³-hybridized carbons (Fsp3) is 0.763. The summed E-state index contributed by atoms with van der Waals surface area (Å²) in [5.74, 6) is 1.46. The lowest BCUT2D eigenvalue weighted by molar-refractivity contribution is -0.232. The van der Waals surface area contributed by atoms with E-state index in [0.29, 0.717) is 24.2 Å². The van der Waals surface area contributed by atoms with E-state index in [1.54, 1.807) is 0 Å². The van der Waals surface area contributed by atoms with Crippen LogP contribution in [0.3, 0.4) is 0 Å². The summed E-state index contributed by atoms with van der Waals surface area (Å²) in [6.45, 7) is 21.9. The van der Waals surface area contributed by atoms with Gasteiger partial charge < -0.3 is 4.74 Å². The maximum atomic E-state index is 14.5. The molecule has 4 saturated carbocycles. The summed E-state index contributed by atoms with van der Waals surface area (Å²) in [5, 5.41) is 3.10. The number of carbonyl (C=O) groups is 3. The van der Waals surface area contributed by atoms with Gasteiger partial charge in [-0.25, -0.2) is 9.97 Å². The number of ketones is 1. The average molecular weight is 618 g/mol. The summed E-state index contributed by atoms with van der Waals surface area (Å²) >= 11 is 0. The lowest BCUT2D eigenvalue weighted by Gasteiger charge is -2.72. The van der Waals surface area contributed by atoms with Crippen molar-refractivity contribution in [2.45, 2.75) is 133 Å². The monoisotopic (exact) mass is 617 g/mol. The average Bonchev–Trinajstić information content (AvgIpc) is 3.23. The van der Waals surface area contributed by atoms with Gasteiger partial charge in [0, 0.05) is 30.1 Å². The third-order valence-electron chi connectivity index (χ3n) is 14.3. The van der Waals surface area contributed by atoms with Crippen molar-refractivity contribution >= 4 is 23.6 Å². The van der Waals surface area contributed by atoms with E-state index in [4.69, 9.17) is 4.74 Å². The van der Waals surface area contributed by atoms with Crippen LogP contribution in [0, 0.1) is 64.6 Å². The molecule has 1 N–H and O–H groups in total. The van der Waals surface area contributed by atoms with Crippen molar-refractivity contribution in [2.24, 2.45) is 50.7 Å². The van der Waals surface area contributed by atoms with E-state index in [-0.39, 0.29) is 63.7 Å². The Hall–Kier alpha value is -2.57. The molecule has 0 aromatic carbocycles. The maximum Gasteiger partial charge on any atom is 0.302 e. The second-order valence-electron chi connectivity index (χ2n) is 17.2. The Morgan fingerprint density at radius 3 is 2.18 bits per heavy atom. The number of carbonyl (C=O) groups excluding carboxylic acids is 3. The molecule has 0 bridgehead atoms. The highest BCUT2D eigenvalue weighted by atomic mass is 16.5. The molecular formula is C38H55N3O4. The van der Waals surface area contributed by atoms with E-state index < -0.39 is 5.41 Å². The number of fused-ring (bicyclic) bond motifs is 7. The van der Waals surface area contributed by atoms with Crippen LogP contribution < -0.4 is 5.32 Å². The summed E-state index contributed by atoms with van der Waals surface area (Å²) in [4.78, 5) is 49.4. The number of nitrogens with zero attached hydrogens (tertiary/aromatic N) is 2. The summed E-state index contributed by atoms with van der Waals surface area (Å²) < 4.78 is 5.92. The van der Waals surface area contributed by atoms with Crippen molar-refractivity contribution < 1.29 is 19.1 Å². The molecule has 246 valence electrons. The number of nitrogens with one attached hydrogen (secondary N) is 1. The molecule has 0 aliphatic heterocycles. The van der Waals surface area contributed by atoms with Crippen molar-refractivity contribution in [1.82, 2.24) is 9.97 Å². The number of esters is 1. The minimum Gasteiger partial charge on any atom is -0.462 e. The zero-order valence-electron chi connectivity index (χ0n) is 29.4. The summed E-state index contributed by atoms with van der Waals surface area (Å²) in [7, 11) is 0. The van der Waals surface area contributed by atoms with Crippen molar-refractivity contribution in [3.63, 3.8) is 0 Å². The standard InChI is InChI=1S/C38H55N3O4/c1-21(2)30-26(43)20-38(32(44)41-33-39-22(3)19-23(4)40-33)18-17-36(9)25(31(30)38)11-12-28-35(8)15-14-29(45-24(5)42)34(6,7)27(35)13-16-37(28,36)10/h19,21,25,27-29H,11-18,20H2,1-10H3,(H,39,40,41,44)/t25-,27+,28-,29+,35+,36-,37-,38-/m1/s1. The van der Waals surface area contributed by atoms with Crippen molar-refractivity contribution in [1.29, 1.82) is 0 Å². The number of rotatable bonds is 4. The first kappa shape index (κ1) is 32.4. The van der Waals surface area contributed by atoms with E-state index >= 15 is 0 Å². The van der Waals surface area contributed by atoms with Crippen LogP contribution in [0.15, 0.2) is 17.2 Å². The molecule has 1 heterocycles. The molecule has 0 saturated heterocycles. The second-order valence-corrected chi connectivity index (χ2v) is 17.2. The Bertz CT molecular complexity index is 1460. The lowest BCUT2D eigenvalue weighted by Crippen LogP contribution is -2.66. The first-order valence-corrected chi connectivity index (χ1v) is 17.5. The van der Waals surface area contributed by atoms with Gasteiger partial charge in [-0.2, -0.15) is 0 Å². The van der Waals surface area contributed by atoms with Crippen LogP contribution in [0.1, 0.15) is 125 Å². The highest BCUT2D eigenvalue weighted by Gasteiger charge is 2.71. The van der Waals surface area contributed by atoms with Gasteiger partial charge in [0.2, 0.25) is 11.9 Å². The molecule has 5 aliphatic rings. The fourth-order valence-corrected chi connectivity index (χ4v) is 12.3. The van der Waals surface area contributed by atoms with Gasteiger partial charge in [-0.1, -0.05) is 48.5 Å². The van der Waals surface area contributed by atoms with Gasteiger partial charge in [-0.15, -0.1) is 0 Å². The van der Waals surface area contributed by atoms with Crippen LogP contribution >= 0.6 is 0 Å². The maximum absolute atomic E-state index is 14.5. The Morgan fingerprint density at radius 1 is 0.889 bits per heavy atom. The van der Waals surface area contributed by atoms with E-state index in [2.05, 4.69) is 63.8 Å². The Labute approximate surface area is 270 Å². The molecule has 0 unspecified atom stereocenters. The minimum absolute atomic E-state index is 0.0267. The van der Waals surface area contributed by atoms with Gasteiger partial charge >= 0.3 is 5.97 Å². The number of hydrogen-bond donors (Lipinski definition) is 1. The van der Waals surface area contributed by atoms with E-state index in [1.165, 1.54) is 6.92 Å². The highest BCUT2D eigenvalue weighted by molar-refractivity contribution is 6.09. The first-order chi connectivity index (χ1) is 20.9. The minimum atomic E-state index is -0.837. The quantitative estimate of drug-likeness (QED) is 0.345. The number of amides is 1. The molecule has 5 aliphatic carbocycles. The first-order valence-electron chi connectivity index (χ1n) is 17.5. The van der Waals surface area contributed by atoms with Crippen molar-refractivity contribution in [3.8, 4) is 0 Å². The largest absolute Gasteiger partial charge is 0.462 e. The van der Waals surface area contributed by atoms with Gasteiger partial charge in [-0.3, -0.25) is 19.7 Å². The Kier molecular flexibility index (Phi) is 7.53. The van der Waals surface area contributed by atoms with Gasteiger partial charge in [0.15, 0.2) is 5.78 Å². The molecule has 1 amide bonds. The SMILES string of the molecule is CC(=O)O[C@H]1CC[C@]2(C)[C@H]3CC[C@@H]4C5=C(C(C)C)C(=O)C[C@]5(C(=O)Nc5nc(C)cc(C)n5)CC[C@@]4(C)[C@]3(C)CC[C@H]2C1(C)C. The van der Waals surface area contributed by atoms with Crippen LogP contribution in [0.5, 0.6) is 0 Å². The Balaban J connectivity index is 1.39. The number of allylic oxidation sites excluding steroid dienone is 1. The number of anilines is 1. The van der Waals surface area contributed by atoms with Crippen LogP contribution in [-0.2, 0) is 19.1 Å². The highest BCUT2D eigenvalue weighted by Crippen LogP contribution is 2.76. The molecule has 4 fully saturated rings. The van der Waals surface area contributed by atoms with Crippen LogP contribution in [0.25, 0.3) is 0 Å².